The molecule has 5 heteroatoms. The zero-order valence-corrected chi connectivity index (χ0v) is 9.22. The van der Waals surface area contributed by atoms with E-state index in [2.05, 4.69) is 28.2 Å². The van der Waals surface area contributed by atoms with E-state index in [-0.39, 0.29) is 0 Å². The fourth-order valence-electron chi connectivity index (χ4n) is 1.32. The van der Waals surface area contributed by atoms with Gasteiger partial charge in [-0.3, -0.25) is 0 Å². The summed E-state index contributed by atoms with van der Waals surface area (Å²) in [6.45, 7) is 6.09. The maximum absolute atomic E-state index is 5.72. The maximum Gasteiger partial charge on any atom is 0.149 e. The van der Waals surface area contributed by atoms with Crippen LogP contribution in [0, 0.1) is 6.92 Å². The summed E-state index contributed by atoms with van der Waals surface area (Å²) in [6, 6.07) is 0. The molecule has 2 aromatic heterocycles. The summed E-state index contributed by atoms with van der Waals surface area (Å²) in [4.78, 5) is 9.72. The second kappa shape index (κ2) is 3.16. The van der Waals surface area contributed by atoms with E-state index in [0.717, 1.165) is 21.7 Å². The Morgan fingerprint density at radius 3 is 2.64 bits per heavy atom. The van der Waals surface area contributed by atoms with Crippen LogP contribution in [0.15, 0.2) is 0 Å². The largest absolute Gasteiger partial charge is 0.382 e. The van der Waals surface area contributed by atoms with Gasteiger partial charge in [-0.15, -0.1) is 0 Å². The van der Waals surface area contributed by atoms with Crippen molar-refractivity contribution >= 4 is 27.6 Å². The molecule has 0 spiro atoms. The van der Waals surface area contributed by atoms with Gasteiger partial charge in [-0.1, -0.05) is 13.8 Å². The van der Waals surface area contributed by atoms with Gasteiger partial charge in [-0.2, -0.15) is 4.37 Å². The molecule has 0 saturated carbocycles. The fourth-order valence-corrected chi connectivity index (χ4v) is 2.08. The van der Waals surface area contributed by atoms with Gasteiger partial charge in [0.15, 0.2) is 0 Å². The van der Waals surface area contributed by atoms with E-state index in [0.29, 0.717) is 11.7 Å². The van der Waals surface area contributed by atoms with Crippen LogP contribution < -0.4 is 5.73 Å². The highest BCUT2D eigenvalue weighted by atomic mass is 32.1. The van der Waals surface area contributed by atoms with Crippen LogP contribution in [0.3, 0.4) is 0 Å². The van der Waals surface area contributed by atoms with Crippen molar-refractivity contribution in [3.05, 3.63) is 11.5 Å². The number of nitrogens with two attached hydrogens (primary N) is 1. The first-order chi connectivity index (χ1) is 6.59. The molecule has 74 valence electrons. The van der Waals surface area contributed by atoms with E-state index in [1.165, 1.54) is 11.5 Å². The minimum Gasteiger partial charge on any atom is -0.382 e. The Morgan fingerprint density at radius 1 is 1.29 bits per heavy atom. The quantitative estimate of drug-likeness (QED) is 0.779. The van der Waals surface area contributed by atoms with Crippen molar-refractivity contribution in [1.82, 2.24) is 14.3 Å². The monoisotopic (exact) mass is 208 g/mol. The average molecular weight is 208 g/mol. The normalized spacial score (nSPS) is 11.4. The number of aromatic nitrogens is 3. The Kier molecular flexibility index (Phi) is 2.11. The van der Waals surface area contributed by atoms with Crippen LogP contribution in [-0.4, -0.2) is 14.3 Å². The molecule has 2 heterocycles. The fraction of sp³-hybridized carbons (Fsp3) is 0.444. The van der Waals surface area contributed by atoms with Crippen molar-refractivity contribution in [1.29, 1.82) is 0 Å². The predicted molar refractivity (Wildman–Crippen MR) is 58.4 cm³/mol. The third-order valence-electron chi connectivity index (χ3n) is 2.08. The summed E-state index contributed by atoms with van der Waals surface area (Å²) in [5, 5.41) is 0.902. The number of fused-ring (bicyclic) bond motifs is 1. The lowest BCUT2D eigenvalue weighted by molar-refractivity contribution is 0.778. The van der Waals surface area contributed by atoms with Crippen LogP contribution in [-0.2, 0) is 0 Å². The Morgan fingerprint density at radius 2 is 2.00 bits per heavy atom. The Bertz CT molecular complexity index is 475. The lowest BCUT2D eigenvalue weighted by Gasteiger charge is -2.04. The first-order valence-corrected chi connectivity index (χ1v) is 5.26. The third kappa shape index (κ3) is 1.33. The Labute approximate surface area is 86.4 Å². The lowest BCUT2D eigenvalue weighted by Crippen LogP contribution is -1.99. The summed E-state index contributed by atoms with van der Waals surface area (Å²) in [5.74, 6) is 1.73. The maximum atomic E-state index is 5.72. The zero-order chi connectivity index (χ0) is 10.3. The standard InChI is InChI=1S/C9H12N4S/c1-4(2)8-11-5(3)6-7(10)13-14-9(6)12-8/h4H,1-3H3,(H2,10,13). The number of anilines is 1. The lowest BCUT2D eigenvalue weighted by atomic mass is 10.2. The van der Waals surface area contributed by atoms with E-state index in [4.69, 9.17) is 5.73 Å². The van der Waals surface area contributed by atoms with E-state index in [9.17, 15) is 0 Å². The van der Waals surface area contributed by atoms with Crippen LogP contribution in [0.2, 0.25) is 0 Å². The number of aryl methyl sites for hydroxylation is 1. The number of nitrogen functional groups attached to an aromatic ring is 1. The highest BCUT2D eigenvalue weighted by Gasteiger charge is 2.12. The molecule has 2 rings (SSSR count). The minimum atomic E-state index is 0.335. The topological polar surface area (TPSA) is 64.7 Å². The molecule has 0 aliphatic carbocycles. The van der Waals surface area contributed by atoms with Crippen molar-refractivity contribution in [2.24, 2.45) is 0 Å². The zero-order valence-electron chi connectivity index (χ0n) is 8.40. The molecular weight excluding hydrogens is 196 g/mol. The van der Waals surface area contributed by atoms with Gasteiger partial charge in [0.25, 0.3) is 0 Å². The number of hydrogen-bond donors (Lipinski definition) is 1. The van der Waals surface area contributed by atoms with Gasteiger partial charge in [-0.05, 0) is 18.5 Å². The van der Waals surface area contributed by atoms with Crippen molar-refractivity contribution in [2.45, 2.75) is 26.7 Å². The molecule has 0 bridgehead atoms. The molecule has 0 amide bonds. The third-order valence-corrected chi connectivity index (χ3v) is 2.83. The molecule has 0 aliphatic heterocycles. The molecule has 0 unspecified atom stereocenters. The number of hydrogen-bond acceptors (Lipinski definition) is 5. The molecule has 0 radical (unpaired) electrons. The molecule has 4 nitrogen and oxygen atoms in total. The van der Waals surface area contributed by atoms with Crippen molar-refractivity contribution in [3.63, 3.8) is 0 Å². The highest BCUT2D eigenvalue weighted by molar-refractivity contribution is 7.13. The van der Waals surface area contributed by atoms with Crippen molar-refractivity contribution < 1.29 is 0 Å². The number of nitrogens with zero attached hydrogens (tertiary/aromatic N) is 3. The highest BCUT2D eigenvalue weighted by Crippen LogP contribution is 2.26. The Hall–Kier alpha value is -1.23. The average Bonchev–Trinajstić information content (AvgIpc) is 2.48. The van der Waals surface area contributed by atoms with Crippen LogP contribution in [0.25, 0.3) is 10.2 Å². The predicted octanol–water partition coefficient (Wildman–Crippen LogP) is 2.10. The van der Waals surface area contributed by atoms with Crippen LogP contribution in [0.5, 0.6) is 0 Å². The summed E-state index contributed by atoms with van der Waals surface area (Å²) >= 11 is 1.33. The van der Waals surface area contributed by atoms with Gasteiger partial charge in [0.05, 0.1) is 11.1 Å². The van der Waals surface area contributed by atoms with Gasteiger partial charge in [0, 0.05) is 5.92 Å². The molecule has 0 atom stereocenters. The molecule has 2 N–H and O–H groups in total. The van der Waals surface area contributed by atoms with E-state index >= 15 is 0 Å². The smallest absolute Gasteiger partial charge is 0.149 e. The van der Waals surface area contributed by atoms with Gasteiger partial charge in [-0.25, -0.2) is 9.97 Å². The molecule has 0 aliphatic rings. The van der Waals surface area contributed by atoms with Gasteiger partial charge in [0.1, 0.15) is 16.5 Å². The van der Waals surface area contributed by atoms with E-state index < -0.39 is 0 Å². The van der Waals surface area contributed by atoms with Crippen LogP contribution in [0.4, 0.5) is 5.82 Å². The van der Waals surface area contributed by atoms with Crippen molar-refractivity contribution in [2.75, 3.05) is 5.73 Å². The summed E-state index contributed by atoms with van der Waals surface area (Å²) in [6.07, 6.45) is 0. The molecule has 0 saturated heterocycles. The van der Waals surface area contributed by atoms with E-state index in [1.807, 2.05) is 6.92 Å². The Balaban J connectivity index is 2.74. The van der Waals surface area contributed by atoms with Gasteiger partial charge >= 0.3 is 0 Å². The SMILES string of the molecule is Cc1nc(C(C)C)nc2snc(N)c12. The summed E-state index contributed by atoms with van der Waals surface area (Å²) in [5.41, 5.74) is 6.64. The minimum absolute atomic E-state index is 0.335. The summed E-state index contributed by atoms with van der Waals surface area (Å²) in [7, 11) is 0. The molecule has 14 heavy (non-hydrogen) atoms. The van der Waals surface area contributed by atoms with E-state index in [1.54, 1.807) is 0 Å². The second-order valence-electron chi connectivity index (χ2n) is 3.57. The molecule has 0 fully saturated rings. The first kappa shape index (κ1) is 9.33. The first-order valence-electron chi connectivity index (χ1n) is 4.49. The molecular formula is C9H12N4S. The number of rotatable bonds is 1. The molecule has 0 aromatic carbocycles. The second-order valence-corrected chi connectivity index (χ2v) is 4.32. The van der Waals surface area contributed by atoms with Crippen LogP contribution in [0.1, 0.15) is 31.3 Å². The molecule has 2 aromatic rings. The summed E-state index contributed by atoms with van der Waals surface area (Å²) < 4.78 is 4.07. The van der Waals surface area contributed by atoms with Crippen molar-refractivity contribution in [3.8, 4) is 0 Å². The van der Waals surface area contributed by atoms with Crippen LogP contribution >= 0.6 is 11.5 Å². The van der Waals surface area contributed by atoms with Gasteiger partial charge in [0.2, 0.25) is 0 Å². The van der Waals surface area contributed by atoms with Gasteiger partial charge < -0.3 is 5.73 Å².